The minimum absolute atomic E-state index is 0.300. The Bertz CT molecular complexity index is 506. The van der Waals surface area contributed by atoms with Gasteiger partial charge in [-0.15, -0.1) is 5.10 Å². The Balaban J connectivity index is 1.98. The molecule has 1 atom stereocenters. The third kappa shape index (κ3) is 3.79. The smallest absolute Gasteiger partial charge is 0.240 e. The lowest BCUT2D eigenvalue weighted by molar-refractivity contribution is 0.442. The van der Waals surface area contributed by atoms with Crippen molar-refractivity contribution < 1.29 is 4.74 Å². The van der Waals surface area contributed by atoms with Crippen molar-refractivity contribution in [3.8, 4) is 11.8 Å². The second kappa shape index (κ2) is 6.33. The van der Waals surface area contributed by atoms with Gasteiger partial charge in [-0.1, -0.05) is 13.0 Å². The van der Waals surface area contributed by atoms with Gasteiger partial charge in [0.15, 0.2) is 0 Å². The highest BCUT2D eigenvalue weighted by Gasteiger charge is 2.06. The molecule has 0 radical (unpaired) electrons. The topological polar surface area (TPSA) is 62.8 Å². The second-order valence-electron chi connectivity index (χ2n) is 4.60. The van der Waals surface area contributed by atoms with Gasteiger partial charge in [0, 0.05) is 30.1 Å². The zero-order valence-corrected chi connectivity index (χ0v) is 11.6. The molecule has 2 aromatic heterocycles. The zero-order valence-electron chi connectivity index (χ0n) is 11.6. The van der Waals surface area contributed by atoms with Gasteiger partial charge in [0.1, 0.15) is 0 Å². The Morgan fingerprint density at radius 3 is 2.79 bits per heavy atom. The van der Waals surface area contributed by atoms with Crippen molar-refractivity contribution >= 4 is 0 Å². The molecule has 0 aliphatic rings. The highest BCUT2D eigenvalue weighted by atomic mass is 16.5. The third-order valence-corrected chi connectivity index (χ3v) is 2.85. The van der Waals surface area contributed by atoms with Gasteiger partial charge in [0.25, 0.3) is 0 Å². The fourth-order valence-electron chi connectivity index (χ4n) is 1.74. The predicted molar refractivity (Wildman–Crippen MR) is 74.3 cm³/mol. The molecule has 2 N–H and O–H groups in total. The lowest BCUT2D eigenvalue weighted by atomic mass is 10.1. The van der Waals surface area contributed by atoms with Gasteiger partial charge >= 0.3 is 0 Å². The molecule has 19 heavy (non-hydrogen) atoms. The number of ether oxygens (including phenoxy) is 1. The van der Waals surface area contributed by atoms with Crippen molar-refractivity contribution in [3.63, 3.8) is 0 Å². The molecule has 5 nitrogen and oxygen atoms in total. The summed E-state index contributed by atoms with van der Waals surface area (Å²) in [6.07, 6.45) is 2.96. The fraction of sp³-hybridized carbons (Fsp3) is 0.429. The van der Waals surface area contributed by atoms with Crippen molar-refractivity contribution in [1.29, 1.82) is 0 Å². The zero-order chi connectivity index (χ0) is 13.7. The van der Waals surface area contributed by atoms with Crippen LogP contribution in [0.25, 0.3) is 0 Å². The van der Waals surface area contributed by atoms with Crippen LogP contribution in [0.4, 0.5) is 0 Å². The van der Waals surface area contributed by atoms with E-state index in [0.717, 1.165) is 24.2 Å². The van der Waals surface area contributed by atoms with Crippen molar-refractivity contribution in [1.82, 2.24) is 20.5 Å². The Morgan fingerprint density at radius 1 is 1.37 bits per heavy atom. The van der Waals surface area contributed by atoms with E-state index in [9.17, 15) is 0 Å². The van der Waals surface area contributed by atoms with E-state index in [2.05, 4.69) is 34.3 Å². The molecule has 0 spiro atoms. The number of hydrogen-bond acceptors (Lipinski definition) is 4. The van der Waals surface area contributed by atoms with E-state index in [1.807, 2.05) is 31.3 Å². The van der Waals surface area contributed by atoms with Crippen LogP contribution < -0.4 is 10.1 Å². The maximum Gasteiger partial charge on any atom is 0.240 e. The highest BCUT2D eigenvalue weighted by Crippen LogP contribution is 2.19. The molecular weight excluding hydrogens is 240 g/mol. The van der Waals surface area contributed by atoms with Gasteiger partial charge in [-0.2, -0.15) is 0 Å². The van der Waals surface area contributed by atoms with Crippen LogP contribution in [-0.4, -0.2) is 21.7 Å². The normalized spacial score (nSPS) is 12.4. The summed E-state index contributed by atoms with van der Waals surface area (Å²) in [7, 11) is 0. The molecule has 0 fully saturated rings. The average Bonchev–Trinajstić information content (AvgIpc) is 2.82. The van der Waals surface area contributed by atoms with Crippen molar-refractivity contribution in [2.75, 3.05) is 6.54 Å². The first kappa shape index (κ1) is 13.5. The summed E-state index contributed by atoms with van der Waals surface area (Å²) in [5, 5.41) is 10.3. The van der Waals surface area contributed by atoms with E-state index in [1.54, 1.807) is 0 Å². The summed E-state index contributed by atoms with van der Waals surface area (Å²) >= 11 is 0. The lowest BCUT2D eigenvalue weighted by Gasteiger charge is -2.13. The molecule has 0 saturated heterocycles. The van der Waals surface area contributed by atoms with Gasteiger partial charge in [0.05, 0.1) is 0 Å². The molecule has 2 aromatic rings. The molecule has 0 amide bonds. The Labute approximate surface area is 113 Å². The Hall–Kier alpha value is -1.88. The quantitative estimate of drug-likeness (QED) is 0.838. The first-order valence-electron chi connectivity index (χ1n) is 6.58. The van der Waals surface area contributed by atoms with Crippen LogP contribution in [0.1, 0.15) is 37.6 Å². The SMILES string of the molecule is CCCNC(C)c1ccc(Oc2cc(C)[nH]n2)nc1. The maximum atomic E-state index is 5.54. The molecule has 1 unspecified atom stereocenters. The molecule has 2 heterocycles. The summed E-state index contributed by atoms with van der Waals surface area (Å²) in [5.41, 5.74) is 2.11. The lowest BCUT2D eigenvalue weighted by Crippen LogP contribution is -2.19. The summed E-state index contributed by atoms with van der Waals surface area (Å²) < 4.78 is 5.54. The van der Waals surface area contributed by atoms with Crippen LogP contribution in [0, 0.1) is 6.92 Å². The molecule has 0 aliphatic carbocycles. The van der Waals surface area contributed by atoms with E-state index < -0.39 is 0 Å². The standard InChI is InChI=1S/C14H20N4O/c1-4-7-15-11(3)12-5-6-13(16-9-12)19-14-8-10(2)17-18-14/h5-6,8-9,11,15H,4,7H2,1-3H3,(H,17,18). The molecule has 0 saturated carbocycles. The molecule has 0 bridgehead atoms. The minimum atomic E-state index is 0.300. The van der Waals surface area contributed by atoms with Gasteiger partial charge in [-0.05, 0) is 32.4 Å². The number of aryl methyl sites for hydroxylation is 1. The van der Waals surface area contributed by atoms with Gasteiger partial charge < -0.3 is 10.1 Å². The number of pyridine rings is 1. The number of hydrogen-bond donors (Lipinski definition) is 2. The fourth-order valence-corrected chi connectivity index (χ4v) is 1.74. The van der Waals surface area contributed by atoms with Gasteiger partial charge in [0.2, 0.25) is 11.8 Å². The third-order valence-electron chi connectivity index (χ3n) is 2.85. The molecule has 0 aromatic carbocycles. The molecule has 102 valence electrons. The van der Waals surface area contributed by atoms with E-state index in [-0.39, 0.29) is 0 Å². The molecule has 5 heteroatoms. The summed E-state index contributed by atoms with van der Waals surface area (Å²) in [4.78, 5) is 4.30. The minimum Gasteiger partial charge on any atom is -0.419 e. The predicted octanol–water partition coefficient (Wildman–Crippen LogP) is 2.97. The van der Waals surface area contributed by atoms with E-state index in [4.69, 9.17) is 4.74 Å². The number of aromatic amines is 1. The number of aromatic nitrogens is 3. The second-order valence-corrected chi connectivity index (χ2v) is 4.60. The van der Waals surface area contributed by atoms with Crippen LogP contribution in [0.3, 0.4) is 0 Å². The Morgan fingerprint density at radius 2 is 2.21 bits per heavy atom. The average molecular weight is 260 g/mol. The Kier molecular flexibility index (Phi) is 4.52. The molecule has 2 rings (SSSR count). The number of H-pyrrole nitrogens is 1. The van der Waals surface area contributed by atoms with E-state index >= 15 is 0 Å². The van der Waals surface area contributed by atoms with Crippen LogP contribution in [0.15, 0.2) is 24.4 Å². The summed E-state index contributed by atoms with van der Waals surface area (Å²) in [5.74, 6) is 1.09. The van der Waals surface area contributed by atoms with Crippen LogP contribution in [-0.2, 0) is 0 Å². The largest absolute Gasteiger partial charge is 0.419 e. The van der Waals surface area contributed by atoms with Crippen LogP contribution in [0.5, 0.6) is 11.8 Å². The first-order chi connectivity index (χ1) is 9.19. The highest BCUT2D eigenvalue weighted by molar-refractivity contribution is 5.24. The van der Waals surface area contributed by atoms with Crippen LogP contribution >= 0.6 is 0 Å². The van der Waals surface area contributed by atoms with E-state index in [0.29, 0.717) is 17.8 Å². The van der Waals surface area contributed by atoms with Crippen molar-refractivity contribution in [2.24, 2.45) is 0 Å². The number of nitrogens with zero attached hydrogens (tertiary/aromatic N) is 2. The monoisotopic (exact) mass is 260 g/mol. The van der Waals surface area contributed by atoms with E-state index in [1.165, 1.54) is 0 Å². The number of rotatable bonds is 6. The van der Waals surface area contributed by atoms with Gasteiger partial charge in [-0.25, -0.2) is 4.98 Å². The number of nitrogens with one attached hydrogen (secondary N) is 2. The van der Waals surface area contributed by atoms with Crippen molar-refractivity contribution in [2.45, 2.75) is 33.2 Å². The summed E-state index contributed by atoms with van der Waals surface area (Å²) in [6, 6.07) is 6.02. The summed E-state index contributed by atoms with van der Waals surface area (Å²) in [6.45, 7) is 7.22. The first-order valence-corrected chi connectivity index (χ1v) is 6.58. The van der Waals surface area contributed by atoms with Gasteiger partial charge in [-0.3, -0.25) is 5.10 Å². The van der Waals surface area contributed by atoms with Crippen LogP contribution in [0.2, 0.25) is 0 Å². The maximum absolute atomic E-state index is 5.54. The molecule has 0 aliphatic heterocycles. The van der Waals surface area contributed by atoms with Crippen molar-refractivity contribution in [3.05, 3.63) is 35.7 Å². The molecular formula is C14H20N4O.